The summed E-state index contributed by atoms with van der Waals surface area (Å²) in [5, 5.41) is -0.197. The van der Waals surface area contributed by atoms with Crippen molar-refractivity contribution in [3.05, 3.63) is 59.4 Å². The Kier molecular flexibility index (Phi) is 3.78. The monoisotopic (exact) mass is 305 g/mol. The first-order chi connectivity index (χ1) is 10.1. The van der Waals surface area contributed by atoms with Crippen LogP contribution in [-0.2, 0) is 17.2 Å². The van der Waals surface area contributed by atoms with Gasteiger partial charge in [0.1, 0.15) is 11.6 Å². The van der Waals surface area contributed by atoms with Gasteiger partial charge in [0, 0.05) is 10.9 Å². The van der Waals surface area contributed by atoms with Gasteiger partial charge in [-0.2, -0.15) is 0 Å². The number of benzene rings is 2. The predicted octanol–water partition coefficient (Wildman–Crippen LogP) is 2.57. The molecule has 0 fully saturated rings. The molecule has 1 aliphatic rings. The second kappa shape index (κ2) is 5.58. The summed E-state index contributed by atoms with van der Waals surface area (Å²) in [5.74, 6) is 0.414. The molecule has 0 aromatic heterocycles. The van der Waals surface area contributed by atoms with Crippen molar-refractivity contribution >= 4 is 10.8 Å². The molecular formula is C16H16FNO2S. The molecule has 2 N–H and O–H groups in total. The second-order valence-electron chi connectivity index (χ2n) is 5.08. The lowest BCUT2D eigenvalue weighted by Crippen LogP contribution is -2.26. The first kappa shape index (κ1) is 14.2. The van der Waals surface area contributed by atoms with Crippen LogP contribution in [-0.4, -0.2) is 16.6 Å². The van der Waals surface area contributed by atoms with Gasteiger partial charge in [0.2, 0.25) is 0 Å². The average Bonchev–Trinajstić information content (AvgIpc) is 2.84. The van der Waals surface area contributed by atoms with E-state index >= 15 is 0 Å². The Hall–Kier alpha value is -1.72. The van der Waals surface area contributed by atoms with Crippen LogP contribution in [0.1, 0.15) is 17.2 Å². The van der Waals surface area contributed by atoms with Gasteiger partial charge in [-0.15, -0.1) is 0 Å². The Bertz CT molecular complexity index is 687. The summed E-state index contributed by atoms with van der Waals surface area (Å²) in [7, 11) is 0.343. The highest BCUT2D eigenvalue weighted by Gasteiger charge is 2.34. The van der Waals surface area contributed by atoms with Crippen molar-refractivity contribution in [3.63, 3.8) is 0 Å². The van der Waals surface area contributed by atoms with Crippen molar-refractivity contribution < 1.29 is 13.3 Å². The molecule has 1 aliphatic carbocycles. The Morgan fingerprint density at radius 2 is 1.95 bits per heavy atom. The van der Waals surface area contributed by atoms with Gasteiger partial charge >= 0.3 is 0 Å². The molecule has 3 atom stereocenters. The Morgan fingerprint density at radius 3 is 2.62 bits per heavy atom. The summed E-state index contributed by atoms with van der Waals surface area (Å²) >= 11 is 0. The highest BCUT2D eigenvalue weighted by molar-refractivity contribution is 7.85. The number of halogens is 1. The molecule has 21 heavy (non-hydrogen) atoms. The highest BCUT2D eigenvalue weighted by Crippen LogP contribution is 2.36. The maximum Gasteiger partial charge on any atom is 0.123 e. The van der Waals surface area contributed by atoms with E-state index in [0.717, 1.165) is 16.9 Å². The SMILES string of the molecule is COc1ccc2c(c1)C(N)C(S(=O)c1ccc(F)cc1)C2. The molecule has 3 unspecified atom stereocenters. The number of nitrogens with two attached hydrogens (primary N) is 1. The summed E-state index contributed by atoms with van der Waals surface area (Å²) in [4.78, 5) is 0.608. The van der Waals surface area contributed by atoms with Crippen LogP contribution in [0.25, 0.3) is 0 Å². The summed E-state index contributed by atoms with van der Waals surface area (Å²) in [6.07, 6.45) is 0.657. The third kappa shape index (κ3) is 2.59. The average molecular weight is 305 g/mol. The molecule has 2 aromatic rings. The lowest BCUT2D eigenvalue weighted by atomic mass is 10.1. The van der Waals surface area contributed by atoms with Crippen molar-refractivity contribution in [2.75, 3.05) is 7.11 Å². The number of hydrogen-bond acceptors (Lipinski definition) is 3. The second-order valence-corrected chi connectivity index (χ2v) is 6.76. The normalized spacial score (nSPS) is 21.9. The smallest absolute Gasteiger partial charge is 0.123 e. The number of rotatable bonds is 3. The third-order valence-electron chi connectivity index (χ3n) is 3.85. The van der Waals surface area contributed by atoms with E-state index < -0.39 is 10.8 Å². The van der Waals surface area contributed by atoms with E-state index in [0.29, 0.717) is 11.3 Å². The van der Waals surface area contributed by atoms with Crippen LogP contribution < -0.4 is 10.5 Å². The van der Waals surface area contributed by atoms with E-state index in [-0.39, 0.29) is 17.1 Å². The molecule has 5 heteroatoms. The van der Waals surface area contributed by atoms with E-state index in [1.807, 2.05) is 18.2 Å². The zero-order valence-electron chi connectivity index (χ0n) is 11.6. The standard InChI is InChI=1S/C16H16FNO2S/c1-20-12-5-2-10-8-15(16(18)14(10)9-12)21(19)13-6-3-11(17)4-7-13/h2-7,9,15-16H,8,18H2,1H3. The molecule has 0 radical (unpaired) electrons. The lowest BCUT2D eigenvalue weighted by Gasteiger charge is -2.16. The number of ether oxygens (including phenoxy) is 1. The molecule has 0 saturated carbocycles. The molecule has 0 aliphatic heterocycles. The third-order valence-corrected chi connectivity index (χ3v) is 5.60. The van der Waals surface area contributed by atoms with E-state index in [4.69, 9.17) is 10.5 Å². The molecular weight excluding hydrogens is 289 g/mol. The van der Waals surface area contributed by atoms with Crippen LogP contribution in [0.15, 0.2) is 47.4 Å². The Morgan fingerprint density at radius 1 is 1.24 bits per heavy atom. The molecule has 3 rings (SSSR count). The summed E-state index contributed by atoms with van der Waals surface area (Å²) in [6, 6.07) is 11.2. The minimum Gasteiger partial charge on any atom is -0.497 e. The van der Waals surface area contributed by atoms with E-state index in [2.05, 4.69) is 0 Å². The summed E-state index contributed by atoms with van der Waals surface area (Å²) in [6.45, 7) is 0. The fourth-order valence-electron chi connectivity index (χ4n) is 2.69. The van der Waals surface area contributed by atoms with Crippen molar-refractivity contribution in [3.8, 4) is 5.75 Å². The van der Waals surface area contributed by atoms with Crippen molar-refractivity contribution in [1.29, 1.82) is 0 Å². The molecule has 0 spiro atoms. The van der Waals surface area contributed by atoms with E-state index in [1.165, 1.54) is 12.1 Å². The van der Waals surface area contributed by atoms with Crippen molar-refractivity contribution in [1.82, 2.24) is 0 Å². The van der Waals surface area contributed by atoms with Crippen molar-refractivity contribution in [2.24, 2.45) is 5.73 Å². The lowest BCUT2D eigenvalue weighted by molar-refractivity contribution is 0.414. The molecule has 3 nitrogen and oxygen atoms in total. The number of methoxy groups -OCH3 is 1. The van der Waals surface area contributed by atoms with Gasteiger partial charge in [-0.1, -0.05) is 6.07 Å². The van der Waals surface area contributed by atoms with Crippen LogP contribution in [0.2, 0.25) is 0 Å². The van der Waals surface area contributed by atoms with Gasteiger partial charge in [-0.3, -0.25) is 4.21 Å². The van der Waals surface area contributed by atoms with Crippen LogP contribution in [0.3, 0.4) is 0 Å². The zero-order valence-corrected chi connectivity index (χ0v) is 12.4. The minimum atomic E-state index is -1.26. The largest absolute Gasteiger partial charge is 0.497 e. The van der Waals surface area contributed by atoms with Gasteiger partial charge in [0.25, 0.3) is 0 Å². The maximum atomic E-state index is 13.0. The van der Waals surface area contributed by atoms with Crippen LogP contribution in [0.5, 0.6) is 5.75 Å². The minimum absolute atomic E-state index is 0.197. The Balaban J connectivity index is 1.88. The molecule has 110 valence electrons. The topological polar surface area (TPSA) is 52.3 Å². The quantitative estimate of drug-likeness (QED) is 0.948. The molecule has 0 heterocycles. The van der Waals surface area contributed by atoms with Crippen LogP contribution >= 0.6 is 0 Å². The first-order valence-electron chi connectivity index (χ1n) is 6.68. The first-order valence-corrected chi connectivity index (χ1v) is 7.90. The fourth-order valence-corrected chi connectivity index (χ4v) is 4.19. The maximum absolute atomic E-state index is 13.0. The van der Waals surface area contributed by atoms with Gasteiger partial charge < -0.3 is 10.5 Å². The van der Waals surface area contributed by atoms with Crippen LogP contribution in [0, 0.1) is 5.82 Å². The van der Waals surface area contributed by atoms with Gasteiger partial charge in [-0.05, 0) is 53.9 Å². The van der Waals surface area contributed by atoms with E-state index in [1.54, 1.807) is 19.2 Å². The zero-order chi connectivity index (χ0) is 15.0. The fraction of sp³-hybridized carbons (Fsp3) is 0.250. The summed E-state index contributed by atoms with van der Waals surface area (Å²) in [5.41, 5.74) is 8.34. The predicted molar refractivity (Wildman–Crippen MR) is 80.2 cm³/mol. The number of hydrogen-bond donors (Lipinski definition) is 1. The highest BCUT2D eigenvalue weighted by atomic mass is 32.2. The Labute approximate surface area is 125 Å². The van der Waals surface area contributed by atoms with Crippen molar-refractivity contribution in [2.45, 2.75) is 22.6 Å². The van der Waals surface area contributed by atoms with E-state index in [9.17, 15) is 8.60 Å². The molecule has 2 aromatic carbocycles. The van der Waals surface area contributed by atoms with Gasteiger partial charge in [0.15, 0.2) is 0 Å². The molecule has 0 amide bonds. The van der Waals surface area contributed by atoms with Gasteiger partial charge in [-0.25, -0.2) is 4.39 Å². The van der Waals surface area contributed by atoms with Gasteiger partial charge in [0.05, 0.1) is 23.2 Å². The molecule has 0 bridgehead atoms. The summed E-state index contributed by atoms with van der Waals surface area (Å²) < 4.78 is 30.8. The molecule has 0 saturated heterocycles. The number of fused-ring (bicyclic) bond motifs is 1. The van der Waals surface area contributed by atoms with Crippen LogP contribution in [0.4, 0.5) is 4.39 Å².